The second-order valence-electron chi connectivity index (χ2n) is 5.58. The first-order chi connectivity index (χ1) is 10.8. The van der Waals surface area contributed by atoms with Crippen LogP contribution in [-0.2, 0) is 0 Å². The van der Waals surface area contributed by atoms with E-state index in [0.29, 0.717) is 11.6 Å². The molecule has 2 aromatic rings. The molecule has 116 valence electrons. The third-order valence-electron chi connectivity index (χ3n) is 4.02. The van der Waals surface area contributed by atoms with E-state index in [-0.39, 0.29) is 5.56 Å². The van der Waals surface area contributed by atoms with Crippen molar-refractivity contribution in [3.63, 3.8) is 0 Å². The number of anilines is 1. The third kappa shape index (κ3) is 3.30. The summed E-state index contributed by atoms with van der Waals surface area (Å²) < 4.78 is 5.17. The van der Waals surface area contributed by atoms with Crippen molar-refractivity contribution in [2.75, 3.05) is 25.1 Å². The van der Waals surface area contributed by atoms with E-state index in [9.17, 15) is 4.79 Å². The number of ether oxygens (including phenoxy) is 1. The number of methoxy groups -OCH3 is 1. The number of hydrogen-bond acceptors (Lipinski definition) is 4. The fraction of sp³-hybridized carbons (Fsp3) is 0.412. The lowest BCUT2D eigenvalue weighted by Gasteiger charge is -2.21. The van der Waals surface area contributed by atoms with Gasteiger partial charge in [0.05, 0.1) is 12.8 Å². The quantitative estimate of drug-likeness (QED) is 0.947. The van der Waals surface area contributed by atoms with Crippen molar-refractivity contribution in [3.05, 3.63) is 40.7 Å². The Labute approximate surface area is 130 Å². The van der Waals surface area contributed by atoms with Gasteiger partial charge in [-0.05, 0) is 37.1 Å². The van der Waals surface area contributed by atoms with E-state index in [1.54, 1.807) is 13.2 Å². The summed E-state index contributed by atoms with van der Waals surface area (Å²) in [5.74, 6) is 1.47. The Kier molecular flexibility index (Phi) is 4.42. The van der Waals surface area contributed by atoms with E-state index in [4.69, 9.17) is 4.74 Å². The SMILES string of the molecule is COc1ccc(-c2cc(=O)[nH]c(N3CCCCCC3)n2)cc1. The zero-order valence-electron chi connectivity index (χ0n) is 12.8. The highest BCUT2D eigenvalue weighted by Crippen LogP contribution is 2.22. The lowest BCUT2D eigenvalue weighted by molar-refractivity contribution is 0.415. The van der Waals surface area contributed by atoms with Crippen molar-refractivity contribution in [3.8, 4) is 17.0 Å². The average molecular weight is 299 g/mol. The summed E-state index contributed by atoms with van der Waals surface area (Å²) in [7, 11) is 1.64. The number of benzene rings is 1. The van der Waals surface area contributed by atoms with Crippen LogP contribution in [0.15, 0.2) is 35.1 Å². The summed E-state index contributed by atoms with van der Waals surface area (Å²) >= 11 is 0. The summed E-state index contributed by atoms with van der Waals surface area (Å²) in [6.07, 6.45) is 4.80. The molecule has 1 fully saturated rings. The van der Waals surface area contributed by atoms with Crippen LogP contribution in [0.1, 0.15) is 25.7 Å². The molecule has 1 aromatic heterocycles. The molecule has 1 N–H and O–H groups in total. The summed E-state index contributed by atoms with van der Waals surface area (Å²) in [6, 6.07) is 9.15. The topological polar surface area (TPSA) is 58.2 Å². The molecule has 3 rings (SSSR count). The average Bonchev–Trinajstić information content (AvgIpc) is 2.84. The van der Waals surface area contributed by atoms with Gasteiger partial charge in [-0.2, -0.15) is 0 Å². The molecule has 5 nitrogen and oxygen atoms in total. The first-order valence-corrected chi connectivity index (χ1v) is 7.77. The maximum Gasteiger partial charge on any atom is 0.252 e. The third-order valence-corrected chi connectivity index (χ3v) is 4.02. The largest absolute Gasteiger partial charge is 0.497 e. The van der Waals surface area contributed by atoms with Gasteiger partial charge < -0.3 is 9.64 Å². The van der Waals surface area contributed by atoms with Gasteiger partial charge in [0.25, 0.3) is 5.56 Å². The number of nitrogens with zero attached hydrogens (tertiary/aromatic N) is 2. The maximum absolute atomic E-state index is 12.0. The molecule has 0 unspecified atom stereocenters. The van der Waals surface area contributed by atoms with Gasteiger partial charge in [-0.3, -0.25) is 9.78 Å². The van der Waals surface area contributed by atoms with Crippen LogP contribution in [0, 0.1) is 0 Å². The Balaban J connectivity index is 1.92. The Morgan fingerprint density at radius 2 is 1.77 bits per heavy atom. The highest BCUT2D eigenvalue weighted by molar-refractivity contribution is 5.61. The molecule has 0 radical (unpaired) electrons. The highest BCUT2D eigenvalue weighted by Gasteiger charge is 2.13. The predicted octanol–water partition coefficient (Wildman–Crippen LogP) is 2.83. The zero-order valence-corrected chi connectivity index (χ0v) is 12.8. The Morgan fingerprint density at radius 1 is 1.09 bits per heavy atom. The van der Waals surface area contributed by atoms with E-state index in [1.807, 2.05) is 24.3 Å². The van der Waals surface area contributed by atoms with Gasteiger partial charge in [0, 0.05) is 24.7 Å². The molecule has 1 saturated heterocycles. The van der Waals surface area contributed by atoms with Crippen LogP contribution in [0.25, 0.3) is 11.3 Å². The lowest BCUT2D eigenvalue weighted by atomic mass is 10.1. The van der Waals surface area contributed by atoms with Crippen molar-refractivity contribution in [1.82, 2.24) is 9.97 Å². The first kappa shape index (κ1) is 14.6. The fourth-order valence-corrected chi connectivity index (χ4v) is 2.79. The van der Waals surface area contributed by atoms with Crippen LogP contribution in [0.5, 0.6) is 5.75 Å². The maximum atomic E-state index is 12.0. The van der Waals surface area contributed by atoms with E-state index >= 15 is 0 Å². The van der Waals surface area contributed by atoms with Gasteiger partial charge in [0.2, 0.25) is 5.95 Å². The monoisotopic (exact) mass is 299 g/mol. The summed E-state index contributed by atoms with van der Waals surface area (Å²) in [5.41, 5.74) is 1.51. The van der Waals surface area contributed by atoms with Gasteiger partial charge >= 0.3 is 0 Å². The minimum Gasteiger partial charge on any atom is -0.497 e. The van der Waals surface area contributed by atoms with Gasteiger partial charge in [-0.25, -0.2) is 4.98 Å². The Bertz CT molecular complexity index is 671. The Hall–Kier alpha value is -2.30. The van der Waals surface area contributed by atoms with Crippen molar-refractivity contribution in [2.45, 2.75) is 25.7 Å². The molecular formula is C17H21N3O2. The molecule has 0 atom stereocenters. The number of hydrogen-bond donors (Lipinski definition) is 1. The fourth-order valence-electron chi connectivity index (χ4n) is 2.79. The molecule has 0 amide bonds. The second-order valence-corrected chi connectivity index (χ2v) is 5.58. The number of aromatic amines is 1. The zero-order chi connectivity index (χ0) is 15.4. The standard InChI is InChI=1S/C17H21N3O2/c1-22-14-8-6-13(7-9-14)15-12-16(21)19-17(18-15)20-10-4-2-3-5-11-20/h6-9,12H,2-5,10-11H2,1H3,(H,18,19,21). The number of aromatic nitrogens is 2. The molecule has 0 saturated carbocycles. The molecule has 2 heterocycles. The van der Waals surface area contributed by atoms with Crippen molar-refractivity contribution < 1.29 is 4.74 Å². The predicted molar refractivity (Wildman–Crippen MR) is 87.5 cm³/mol. The van der Waals surface area contributed by atoms with Crippen LogP contribution < -0.4 is 15.2 Å². The second kappa shape index (κ2) is 6.64. The normalized spacial score (nSPS) is 15.4. The molecule has 0 aliphatic carbocycles. The van der Waals surface area contributed by atoms with Crippen LogP contribution >= 0.6 is 0 Å². The van der Waals surface area contributed by atoms with E-state index in [0.717, 1.165) is 37.2 Å². The van der Waals surface area contributed by atoms with Crippen molar-refractivity contribution in [2.24, 2.45) is 0 Å². The van der Waals surface area contributed by atoms with Gasteiger partial charge in [0.15, 0.2) is 0 Å². The Morgan fingerprint density at radius 3 is 2.41 bits per heavy atom. The van der Waals surface area contributed by atoms with Gasteiger partial charge in [-0.1, -0.05) is 12.8 Å². The summed E-state index contributed by atoms with van der Waals surface area (Å²) in [4.78, 5) is 21.7. The molecule has 5 heteroatoms. The number of H-pyrrole nitrogens is 1. The van der Waals surface area contributed by atoms with E-state index in [1.165, 1.54) is 12.8 Å². The van der Waals surface area contributed by atoms with Crippen LogP contribution in [0.3, 0.4) is 0 Å². The molecule has 22 heavy (non-hydrogen) atoms. The minimum atomic E-state index is -0.111. The number of rotatable bonds is 3. The molecule has 0 spiro atoms. The molecule has 0 bridgehead atoms. The smallest absolute Gasteiger partial charge is 0.252 e. The van der Waals surface area contributed by atoms with E-state index < -0.39 is 0 Å². The van der Waals surface area contributed by atoms with Crippen LogP contribution in [0.2, 0.25) is 0 Å². The highest BCUT2D eigenvalue weighted by atomic mass is 16.5. The summed E-state index contributed by atoms with van der Waals surface area (Å²) in [5, 5.41) is 0. The molecule has 1 aromatic carbocycles. The lowest BCUT2D eigenvalue weighted by Crippen LogP contribution is -2.28. The first-order valence-electron chi connectivity index (χ1n) is 7.77. The molecule has 1 aliphatic heterocycles. The van der Waals surface area contributed by atoms with Gasteiger partial charge in [0.1, 0.15) is 5.75 Å². The van der Waals surface area contributed by atoms with Crippen LogP contribution in [0.4, 0.5) is 5.95 Å². The van der Waals surface area contributed by atoms with Crippen molar-refractivity contribution >= 4 is 5.95 Å². The number of nitrogens with one attached hydrogen (secondary N) is 1. The minimum absolute atomic E-state index is 0.111. The van der Waals surface area contributed by atoms with Gasteiger partial charge in [-0.15, -0.1) is 0 Å². The summed E-state index contributed by atoms with van der Waals surface area (Å²) in [6.45, 7) is 1.91. The molecule has 1 aliphatic rings. The van der Waals surface area contributed by atoms with Crippen LogP contribution in [-0.4, -0.2) is 30.2 Å². The molecular weight excluding hydrogens is 278 g/mol. The van der Waals surface area contributed by atoms with E-state index in [2.05, 4.69) is 14.9 Å². The van der Waals surface area contributed by atoms with Crippen molar-refractivity contribution in [1.29, 1.82) is 0 Å².